The van der Waals surface area contributed by atoms with Gasteiger partial charge in [0.05, 0.1) is 0 Å². The standard InChI is InChI=1S/C18H23FN4O3/c19-15-5-3-13(4-6-15)16(24)20-21-17(25)14-7-11-23(12-8-14)18(26)22-9-1-2-10-22/h3-6,14H,1-2,7-12H2,(H,20,24)(H,21,25). The molecule has 0 saturated carbocycles. The highest BCUT2D eigenvalue weighted by atomic mass is 19.1. The van der Waals surface area contributed by atoms with Gasteiger partial charge in [0, 0.05) is 37.7 Å². The number of hydrogen-bond donors (Lipinski definition) is 2. The molecule has 0 atom stereocenters. The molecule has 0 radical (unpaired) electrons. The monoisotopic (exact) mass is 362 g/mol. The van der Waals surface area contributed by atoms with Gasteiger partial charge in [-0.25, -0.2) is 9.18 Å². The summed E-state index contributed by atoms with van der Waals surface area (Å²) < 4.78 is 12.9. The second-order valence-corrected chi connectivity index (χ2v) is 6.69. The predicted molar refractivity (Wildman–Crippen MR) is 92.5 cm³/mol. The fourth-order valence-corrected chi connectivity index (χ4v) is 3.34. The van der Waals surface area contributed by atoms with Crippen LogP contribution in [0.3, 0.4) is 0 Å². The number of nitrogens with zero attached hydrogens (tertiary/aromatic N) is 2. The van der Waals surface area contributed by atoms with Gasteiger partial charge in [0.1, 0.15) is 5.82 Å². The summed E-state index contributed by atoms with van der Waals surface area (Å²) in [6.45, 7) is 2.71. The molecule has 0 bridgehead atoms. The minimum absolute atomic E-state index is 0.0611. The minimum atomic E-state index is -0.500. The first-order valence-corrected chi connectivity index (χ1v) is 8.94. The minimum Gasteiger partial charge on any atom is -0.325 e. The summed E-state index contributed by atoms with van der Waals surface area (Å²) in [5.74, 6) is -1.44. The Labute approximate surface area is 151 Å². The third-order valence-corrected chi connectivity index (χ3v) is 4.92. The average Bonchev–Trinajstić information content (AvgIpc) is 3.20. The number of carbonyl (C=O) groups excluding carboxylic acids is 3. The number of amides is 4. The Morgan fingerprint density at radius 3 is 2.08 bits per heavy atom. The van der Waals surface area contributed by atoms with Crippen LogP contribution in [0.4, 0.5) is 9.18 Å². The van der Waals surface area contributed by atoms with Crippen LogP contribution in [0.1, 0.15) is 36.0 Å². The Balaban J connectivity index is 1.42. The molecule has 1 aromatic rings. The highest BCUT2D eigenvalue weighted by Crippen LogP contribution is 2.20. The second-order valence-electron chi connectivity index (χ2n) is 6.69. The number of piperidine rings is 1. The lowest BCUT2D eigenvalue weighted by Crippen LogP contribution is -2.50. The van der Waals surface area contributed by atoms with E-state index in [0.29, 0.717) is 25.9 Å². The number of halogens is 1. The summed E-state index contributed by atoms with van der Waals surface area (Å²) in [6.07, 6.45) is 3.24. The maximum Gasteiger partial charge on any atom is 0.319 e. The molecule has 2 aliphatic heterocycles. The number of benzene rings is 1. The summed E-state index contributed by atoms with van der Waals surface area (Å²) in [7, 11) is 0. The summed E-state index contributed by atoms with van der Waals surface area (Å²) in [6, 6.07) is 5.12. The van der Waals surface area contributed by atoms with E-state index in [2.05, 4.69) is 10.9 Å². The largest absolute Gasteiger partial charge is 0.325 e. The third kappa shape index (κ3) is 4.30. The molecule has 2 aliphatic rings. The number of carbonyl (C=O) groups is 3. The van der Waals surface area contributed by atoms with Crippen molar-refractivity contribution >= 4 is 17.8 Å². The van der Waals surface area contributed by atoms with Crippen molar-refractivity contribution in [2.45, 2.75) is 25.7 Å². The van der Waals surface area contributed by atoms with Crippen molar-refractivity contribution in [1.29, 1.82) is 0 Å². The summed E-state index contributed by atoms with van der Waals surface area (Å²) in [5, 5.41) is 0. The van der Waals surface area contributed by atoms with Crippen molar-refractivity contribution in [3.05, 3.63) is 35.6 Å². The lowest BCUT2D eigenvalue weighted by molar-refractivity contribution is -0.127. The zero-order valence-electron chi connectivity index (χ0n) is 14.5. The maximum atomic E-state index is 12.9. The number of nitrogens with one attached hydrogen (secondary N) is 2. The van der Waals surface area contributed by atoms with Gasteiger partial charge >= 0.3 is 6.03 Å². The van der Waals surface area contributed by atoms with E-state index in [9.17, 15) is 18.8 Å². The topological polar surface area (TPSA) is 81.8 Å². The lowest BCUT2D eigenvalue weighted by atomic mass is 9.96. The van der Waals surface area contributed by atoms with E-state index in [0.717, 1.165) is 25.9 Å². The van der Waals surface area contributed by atoms with Crippen LogP contribution >= 0.6 is 0 Å². The predicted octanol–water partition coefficient (Wildman–Crippen LogP) is 1.51. The van der Waals surface area contributed by atoms with Gasteiger partial charge in [0.15, 0.2) is 0 Å². The van der Waals surface area contributed by atoms with Crippen LogP contribution in [-0.4, -0.2) is 53.8 Å². The van der Waals surface area contributed by atoms with Crippen LogP contribution in [0.25, 0.3) is 0 Å². The molecule has 0 spiro atoms. The number of hydrazine groups is 1. The van der Waals surface area contributed by atoms with E-state index < -0.39 is 11.7 Å². The summed E-state index contributed by atoms with van der Waals surface area (Å²) in [4.78, 5) is 40.1. The van der Waals surface area contributed by atoms with Crippen molar-refractivity contribution in [2.24, 2.45) is 5.92 Å². The Morgan fingerprint density at radius 1 is 0.885 bits per heavy atom. The van der Waals surface area contributed by atoms with E-state index in [1.807, 2.05) is 4.90 Å². The van der Waals surface area contributed by atoms with Crippen LogP contribution in [0.5, 0.6) is 0 Å². The van der Waals surface area contributed by atoms with Gasteiger partial charge in [-0.3, -0.25) is 20.4 Å². The first-order valence-electron chi connectivity index (χ1n) is 8.94. The van der Waals surface area contributed by atoms with Crippen molar-refractivity contribution in [2.75, 3.05) is 26.2 Å². The zero-order valence-corrected chi connectivity index (χ0v) is 14.5. The van der Waals surface area contributed by atoms with Gasteiger partial charge in [-0.1, -0.05) is 0 Å². The average molecular weight is 362 g/mol. The fourth-order valence-electron chi connectivity index (χ4n) is 3.34. The molecule has 0 aliphatic carbocycles. The molecule has 2 heterocycles. The first-order chi connectivity index (χ1) is 12.5. The third-order valence-electron chi connectivity index (χ3n) is 4.92. The molecule has 2 saturated heterocycles. The van der Waals surface area contributed by atoms with Gasteiger partial charge in [0.2, 0.25) is 5.91 Å². The maximum absolute atomic E-state index is 12.9. The van der Waals surface area contributed by atoms with Gasteiger partial charge in [-0.2, -0.15) is 0 Å². The van der Waals surface area contributed by atoms with E-state index in [1.54, 1.807) is 4.90 Å². The number of urea groups is 1. The molecule has 8 heteroatoms. The highest BCUT2D eigenvalue weighted by Gasteiger charge is 2.30. The fraction of sp³-hybridized carbons (Fsp3) is 0.500. The van der Waals surface area contributed by atoms with Crippen molar-refractivity contribution in [3.63, 3.8) is 0 Å². The van der Waals surface area contributed by atoms with Crippen LogP contribution in [-0.2, 0) is 4.79 Å². The molecule has 0 aromatic heterocycles. The molecular weight excluding hydrogens is 339 g/mol. The molecule has 4 amide bonds. The van der Waals surface area contributed by atoms with Crippen molar-refractivity contribution < 1.29 is 18.8 Å². The van der Waals surface area contributed by atoms with E-state index in [-0.39, 0.29) is 23.4 Å². The van der Waals surface area contributed by atoms with Crippen molar-refractivity contribution in [1.82, 2.24) is 20.7 Å². The van der Waals surface area contributed by atoms with Crippen molar-refractivity contribution in [3.8, 4) is 0 Å². The molecule has 140 valence electrons. The zero-order chi connectivity index (χ0) is 18.5. The van der Waals surface area contributed by atoms with Crippen LogP contribution in [0, 0.1) is 11.7 Å². The van der Waals surface area contributed by atoms with Crippen LogP contribution in [0.2, 0.25) is 0 Å². The Bertz CT molecular complexity index is 666. The van der Waals surface area contributed by atoms with Crippen LogP contribution in [0.15, 0.2) is 24.3 Å². The molecule has 7 nitrogen and oxygen atoms in total. The molecule has 0 unspecified atom stereocenters. The van der Waals surface area contributed by atoms with E-state index >= 15 is 0 Å². The Hall–Kier alpha value is -2.64. The smallest absolute Gasteiger partial charge is 0.319 e. The molecule has 2 fully saturated rings. The Morgan fingerprint density at radius 2 is 1.46 bits per heavy atom. The SMILES string of the molecule is O=C(NNC(=O)C1CCN(C(=O)N2CCCC2)CC1)c1ccc(F)cc1. The lowest BCUT2D eigenvalue weighted by Gasteiger charge is -2.34. The van der Waals surface area contributed by atoms with Gasteiger partial charge in [-0.15, -0.1) is 0 Å². The van der Waals surface area contributed by atoms with E-state index in [1.165, 1.54) is 24.3 Å². The molecule has 2 N–H and O–H groups in total. The van der Waals surface area contributed by atoms with Crippen LogP contribution < -0.4 is 10.9 Å². The molecule has 3 rings (SSSR count). The number of likely N-dealkylation sites (tertiary alicyclic amines) is 2. The number of hydrogen-bond acceptors (Lipinski definition) is 3. The summed E-state index contributed by atoms with van der Waals surface area (Å²) >= 11 is 0. The highest BCUT2D eigenvalue weighted by molar-refractivity contribution is 5.95. The number of rotatable bonds is 2. The molecule has 26 heavy (non-hydrogen) atoms. The molecule has 1 aromatic carbocycles. The Kier molecular flexibility index (Phi) is 5.70. The molecular formula is C18H23FN4O3. The summed E-state index contributed by atoms with van der Waals surface area (Å²) in [5.41, 5.74) is 5.02. The van der Waals surface area contributed by atoms with Gasteiger partial charge in [0.25, 0.3) is 5.91 Å². The second kappa shape index (κ2) is 8.16. The first kappa shape index (κ1) is 18.2. The van der Waals surface area contributed by atoms with E-state index in [4.69, 9.17) is 0 Å². The van der Waals surface area contributed by atoms with Gasteiger partial charge in [-0.05, 0) is 49.9 Å². The normalized spacial score (nSPS) is 17.9. The van der Waals surface area contributed by atoms with Gasteiger partial charge < -0.3 is 9.80 Å². The quantitative estimate of drug-likeness (QED) is 0.783.